The summed E-state index contributed by atoms with van der Waals surface area (Å²) in [5.41, 5.74) is 5.19. The van der Waals surface area contributed by atoms with Gasteiger partial charge < -0.3 is 10.6 Å². The standard InChI is InChI=1S/C19H26ClN5O3/c1-4-5-9-25-16(21)15(17(26)23-19(25)28)24(10-7-12(2)3)18(27)13-6-8-22-14(20)11-13/h6,8,11-12H,4-5,7,9-10,21H2,1-3H3,(H,23,26,28). The zero-order valence-electron chi connectivity index (χ0n) is 16.4. The maximum atomic E-state index is 13.2. The van der Waals surface area contributed by atoms with Gasteiger partial charge in [0.2, 0.25) is 0 Å². The van der Waals surface area contributed by atoms with Crippen LogP contribution in [-0.2, 0) is 6.54 Å². The Morgan fingerprint density at radius 2 is 2.11 bits per heavy atom. The molecular formula is C19H26ClN5O3. The second-order valence-corrected chi connectivity index (χ2v) is 7.39. The van der Waals surface area contributed by atoms with Crippen LogP contribution in [0.1, 0.15) is 50.4 Å². The minimum Gasteiger partial charge on any atom is -0.383 e. The van der Waals surface area contributed by atoms with E-state index in [0.29, 0.717) is 18.9 Å². The lowest BCUT2D eigenvalue weighted by Gasteiger charge is -2.25. The SMILES string of the molecule is CCCCn1c(N)c(N(CCC(C)C)C(=O)c2ccnc(Cl)c2)c(=O)[nH]c1=O. The quantitative estimate of drug-likeness (QED) is 0.653. The lowest BCUT2D eigenvalue weighted by atomic mass is 10.1. The van der Waals surface area contributed by atoms with Crippen molar-refractivity contribution in [2.75, 3.05) is 17.2 Å². The van der Waals surface area contributed by atoms with Crippen LogP contribution in [0, 0.1) is 5.92 Å². The maximum Gasteiger partial charge on any atom is 0.330 e. The van der Waals surface area contributed by atoms with Crippen LogP contribution < -0.4 is 21.9 Å². The largest absolute Gasteiger partial charge is 0.383 e. The van der Waals surface area contributed by atoms with E-state index in [1.807, 2.05) is 20.8 Å². The summed E-state index contributed by atoms with van der Waals surface area (Å²) in [6, 6.07) is 2.96. The number of hydrogen-bond donors (Lipinski definition) is 2. The van der Waals surface area contributed by atoms with Gasteiger partial charge in [-0.1, -0.05) is 38.8 Å². The molecule has 0 unspecified atom stereocenters. The molecule has 0 aliphatic rings. The topological polar surface area (TPSA) is 114 Å². The first-order chi connectivity index (χ1) is 13.3. The van der Waals surface area contributed by atoms with Crippen molar-refractivity contribution in [1.29, 1.82) is 0 Å². The second kappa shape index (κ2) is 9.54. The Kier molecular flexibility index (Phi) is 7.39. The van der Waals surface area contributed by atoms with Crippen LogP contribution in [-0.4, -0.2) is 27.0 Å². The molecule has 0 radical (unpaired) electrons. The molecule has 0 saturated heterocycles. The number of pyridine rings is 1. The lowest BCUT2D eigenvalue weighted by molar-refractivity contribution is 0.0985. The van der Waals surface area contributed by atoms with Crippen molar-refractivity contribution in [2.24, 2.45) is 5.92 Å². The van der Waals surface area contributed by atoms with Crippen molar-refractivity contribution in [3.8, 4) is 0 Å². The van der Waals surface area contributed by atoms with Crippen LogP contribution in [0.3, 0.4) is 0 Å². The zero-order chi connectivity index (χ0) is 20.8. The van der Waals surface area contributed by atoms with Gasteiger partial charge in [-0.25, -0.2) is 9.78 Å². The molecule has 0 atom stereocenters. The summed E-state index contributed by atoms with van der Waals surface area (Å²) in [4.78, 5) is 45.4. The fourth-order valence-electron chi connectivity index (χ4n) is 2.77. The van der Waals surface area contributed by atoms with E-state index < -0.39 is 17.2 Å². The minimum atomic E-state index is -0.687. The Balaban J connectivity index is 2.58. The number of nitrogens with one attached hydrogen (secondary N) is 1. The van der Waals surface area contributed by atoms with E-state index in [1.54, 1.807) is 0 Å². The number of halogens is 1. The average Bonchev–Trinajstić information content (AvgIpc) is 2.63. The molecule has 1 amide bonds. The Morgan fingerprint density at radius 3 is 2.71 bits per heavy atom. The Morgan fingerprint density at radius 1 is 1.39 bits per heavy atom. The predicted octanol–water partition coefficient (Wildman–Crippen LogP) is 2.66. The second-order valence-electron chi connectivity index (χ2n) is 7.00. The highest BCUT2D eigenvalue weighted by Crippen LogP contribution is 2.22. The highest BCUT2D eigenvalue weighted by Gasteiger charge is 2.25. The summed E-state index contributed by atoms with van der Waals surface area (Å²) in [5.74, 6) is -0.148. The van der Waals surface area contributed by atoms with Crippen LogP contribution >= 0.6 is 11.6 Å². The number of hydrogen-bond acceptors (Lipinski definition) is 5. The molecular weight excluding hydrogens is 382 g/mol. The van der Waals surface area contributed by atoms with E-state index in [0.717, 1.165) is 12.8 Å². The molecule has 0 bridgehead atoms. The number of nitrogens with zero attached hydrogens (tertiary/aromatic N) is 3. The van der Waals surface area contributed by atoms with Crippen molar-refractivity contribution in [2.45, 2.75) is 46.6 Å². The fourth-order valence-corrected chi connectivity index (χ4v) is 2.94. The number of anilines is 2. The average molecular weight is 408 g/mol. The summed E-state index contributed by atoms with van der Waals surface area (Å²) in [6.07, 6.45) is 3.64. The van der Waals surface area contributed by atoms with Gasteiger partial charge in [0, 0.05) is 24.8 Å². The van der Waals surface area contributed by atoms with Crippen LogP contribution in [0.5, 0.6) is 0 Å². The molecule has 152 valence electrons. The van der Waals surface area contributed by atoms with Gasteiger partial charge in [-0.15, -0.1) is 0 Å². The number of nitrogen functional groups attached to an aromatic ring is 1. The monoisotopic (exact) mass is 407 g/mol. The number of rotatable bonds is 8. The molecule has 0 aliphatic heterocycles. The minimum absolute atomic E-state index is 0.0144. The maximum absolute atomic E-state index is 13.2. The molecule has 2 rings (SSSR count). The zero-order valence-corrected chi connectivity index (χ0v) is 17.1. The van der Waals surface area contributed by atoms with Gasteiger partial charge in [0.25, 0.3) is 11.5 Å². The first kappa shape index (κ1) is 21.7. The molecule has 8 nitrogen and oxygen atoms in total. The van der Waals surface area contributed by atoms with Crippen molar-refractivity contribution >= 4 is 29.0 Å². The number of amides is 1. The van der Waals surface area contributed by atoms with E-state index in [1.165, 1.54) is 27.8 Å². The first-order valence-corrected chi connectivity index (χ1v) is 9.70. The van der Waals surface area contributed by atoms with Crippen LogP contribution in [0.2, 0.25) is 5.15 Å². The van der Waals surface area contributed by atoms with Gasteiger partial charge >= 0.3 is 5.69 Å². The summed E-state index contributed by atoms with van der Waals surface area (Å²) in [5, 5.41) is 0.171. The number of H-pyrrole nitrogens is 1. The molecule has 28 heavy (non-hydrogen) atoms. The molecule has 2 aromatic heterocycles. The summed E-state index contributed by atoms with van der Waals surface area (Å²) < 4.78 is 1.30. The third kappa shape index (κ3) is 5.01. The third-order valence-corrected chi connectivity index (χ3v) is 4.57. The summed E-state index contributed by atoms with van der Waals surface area (Å²) in [6.45, 7) is 6.65. The Hall–Kier alpha value is -2.61. The Labute approximate surface area is 168 Å². The van der Waals surface area contributed by atoms with Gasteiger partial charge in [0.15, 0.2) is 5.69 Å². The van der Waals surface area contributed by atoms with Crippen LogP contribution in [0.4, 0.5) is 11.5 Å². The van der Waals surface area contributed by atoms with Gasteiger partial charge in [-0.05, 0) is 30.9 Å². The smallest absolute Gasteiger partial charge is 0.330 e. The number of unbranched alkanes of at least 4 members (excludes halogenated alkanes) is 1. The van der Waals surface area contributed by atoms with Crippen molar-refractivity contribution < 1.29 is 4.79 Å². The van der Waals surface area contributed by atoms with E-state index in [2.05, 4.69) is 9.97 Å². The molecule has 3 N–H and O–H groups in total. The van der Waals surface area contributed by atoms with Crippen molar-refractivity contribution in [1.82, 2.24) is 14.5 Å². The molecule has 9 heteroatoms. The van der Waals surface area contributed by atoms with Crippen molar-refractivity contribution in [3.05, 3.63) is 49.9 Å². The number of aromatic amines is 1. The number of carbonyl (C=O) groups excluding carboxylic acids is 1. The molecule has 2 aromatic rings. The van der Waals surface area contributed by atoms with Gasteiger partial charge in [0.1, 0.15) is 11.0 Å². The highest BCUT2D eigenvalue weighted by atomic mass is 35.5. The summed E-state index contributed by atoms with van der Waals surface area (Å²) in [7, 11) is 0. The first-order valence-electron chi connectivity index (χ1n) is 9.32. The molecule has 0 saturated carbocycles. The predicted molar refractivity (Wildman–Crippen MR) is 111 cm³/mol. The van der Waals surface area contributed by atoms with Gasteiger partial charge in [-0.2, -0.15) is 0 Å². The normalized spacial score (nSPS) is 11.0. The lowest BCUT2D eigenvalue weighted by Crippen LogP contribution is -2.42. The van der Waals surface area contributed by atoms with Crippen molar-refractivity contribution in [3.63, 3.8) is 0 Å². The number of carbonyl (C=O) groups is 1. The number of aromatic nitrogens is 3. The number of nitrogens with two attached hydrogens (primary N) is 1. The van der Waals surface area contributed by atoms with Crippen LogP contribution in [0.25, 0.3) is 0 Å². The molecule has 0 aromatic carbocycles. The third-order valence-electron chi connectivity index (χ3n) is 4.37. The highest BCUT2D eigenvalue weighted by molar-refractivity contribution is 6.29. The summed E-state index contributed by atoms with van der Waals surface area (Å²) >= 11 is 5.91. The van der Waals surface area contributed by atoms with Crippen LogP contribution in [0.15, 0.2) is 27.9 Å². The molecule has 0 aliphatic carbocycles. The van der Waals surface area contributed by atoms with E-state index in [9.17, 15) is 14.4 Å². The van der Waals surface area contributed by atoms with Gasteiger partial charge in [-0.3, -0.25) is 19.1 Å². The molecule has 2 heterocycles. The van der Waals surface area contributed by atoms with E-state index in [4.69, 9.17) is 17.3 Å². The Bertz CT molecular complexity index is 951. The van der Waals surface area contributed by atoms with Gasteiger partial charge in [0.05, 0.1) is 0 Å². The molecule has 0 spiro atoms. The van der Waals surface area contributed by atoms with E-state index >= 15 is 0 Å². The molecule has 0 fully saturated rings. The van der Waals surface area contributed by atoms with E-state index in [-0.39, 0.29) is 28.8 Å². The fraction of sp³-hybridized carbons (Fsp3) is 0.474.